The van der Waals surface area contributed by atoms with Gasteiger partial charge in [-0.25, -0.2) is 4.39 Å². The van der Waals surface area contributed by atoms with Gasteiger partial charge in [-0.15, -0.1) is 0 Å². The molecule has 0 aromatic heterocycles. The van der Waals surface area contributed by atoms with E-state index in [-0.39, 0.29) is 29.4 Å². The first-order valence-corrected chi connectivity index (χ1v) is 14.9. The Kier molecular flexibility index (Phi) is 9.70. The van der Waals surface area contributed by atoms with Crippen LogP contribution in [-0.2, 0) is 4.79 Å². The zero-order chi connectivity index (χ0) is 25.8. The summed E-state index contributed by atoms with van der Waals surface area (Å²) in [5, 5.41) is 10.7. The van der Waals surface area contributed by atoms with Crippen LogP contribution in [-0.4, -0.2) is 74.0 Å². The smallest absolute Gasteiger partial charge is 0.228 e. The number of alkyl halides is 1. The van der Waals surface area contributed by atoms with Crippen molar-refractivity contribution in [3.63, 3.8) is 0 Å². The van der Waals surface area contributed by atoms with E-state index in [1.165, 1.54) is 32.1 Å². The van der Waals surface area contributed by atoms with Crippen LogP contribution in [0.2, 0.25) is 0 Å². The Hall–Kier alpha value is -0.800. The SMILES string of the molecule is CCCCCCC1(NC(=O)C(C(N)N)C2CC3(CCCC3)CCC(F)CN2)CNCC2C1CCN2C. The van der Waals surface area contributed by atoms with E-state index >= 15 is 0 Å². The summed E-state index contributed by atoms with van der Waals surface area (Å²) in [5.41, 5.74) is 12.5. The number of nitrogens with one attached hydrogen (secondary N) is 3. The van der Waals surface area contributed by atoms with E-state index in [9.17, 15) is 9.18 Å². The van der Waals surface area contributed by atoms with Crippen molar-refractivity contribution >= 4 is 5.91 Å². The van der Waals surface area contributed by atoms with Gasteiger partial charge in [-0.1, -0.05) is 45.4 Å². The van der Waals surface area contributed by atoms with Crippen molar-refractivity contribution in [3.8, 4) is 0 Å². The van der Waals surface area contributed by atoms with Crippen molar-refractivity contribution in [2.45, 2.75) is 120 Å². The molecule has 36 heavy (non-hydrogen) atoms. The summed E-state index contributed by atoms with van der Waals surface area (Å²) in [6, 6.07) is 0.237. The molecule has 7 nitrogen and oxygen atoms in total. The molecule has 3 aliphatic heterocycles. The second-order valence-electron chi connectivity index (χ2n) is 12.7. The van der Waals surface area contributed by atoms with Gasteiger partial charge < -0.3 is 32.3 Å². The van der Waals surface area contributed by atoms with Crippen LogP contribution in [0.25, 0.3) is 0 Å². The van der Waals surface area contributed by atoms with Gasteiger partial charge in [0.15, 0.2) is 0 Å². The van der Waals surface area contributed by atoms with Gasteiger partial charge in [0.05, 0.1) is 17.6 Å². The Balaban J connectivity index is 1.55. The maximum Gasteiger partial charge on any atom is 0.228 e. The first-order chi connectivity index (χ1) is 17.3. The Morgan fingerprint density at radius 2 is 1.92 bits per heavy atom. The average Bonchev–Trinajstić information content (AvgIpc) is 3.46. The highest BCUT2D eigenvalue weighted by atomic mass is 19.1. The van der Waals surface area contributed by atoms with E-state index in [1.807, 2.05) is 0 Å². The highest BCUT2D eigenvalue weighted by molar-refractivity contribution is 5.81. The fourth-order valence-corrected chi connectivity index (χ4v) is 8.14. The minimum Gasteiger partial charge on any atom is -0.349 e. The molecule has 3 heterocycles. The van der Waals surface area contributed by atoms with Crippen molar-refractivity contribution in [1.29, 1.82) is 0 Å². The van der Waals surface area contributed by atoms with Crippen molar-refractivity contribution in [1.82, 2.24) is 20.9 Å². The zero-order valence-corrected chi connectivity index (χ0v) is 22.9. The lowest BCUT2D eigenvalue weighted by Gasteiger charge is -2.49. The first kappa shape index (κ1) is 28.2. The van der Waals surface area contributed by atoms with E-state index in [1.54, 1.807) is 0 Å². The van der Waals surface area contributed by atoms with Crippen LogP contribution >= 0.6 is 0 Å². The zero-order valence-electron chi connectivity index (χ0n) is 22.9. The largest absolute Gasteiger partial charge is 0.349 e. The molecule has 4 aliphatic rings. The van der Waals surface area contributed by atoms with Gasteiger partial charge in [0.2, 0.25) is 5.91 Å². The van der Waals surface area contributed by atoms with E-state index in [0.717, 1.165) is 64.6 Å². The van der Waals surface area contributed by atoms with Gasteiger partial charge >= 0.3 is 0 Å². The van der Waals surface area contributed by atoms with Crippen LogP contribution in [0.4, 0.5) is 4.39 Å². The molecule has 1 aliphatic carbocycles. The Bertz CT molecular complexity index is 716. The molecule has 6 unspecified atom stereocenters. The van der Waals surface area contributed by atoms with E-state index < -0.39 is 18.3 Å². The lowest BCUT2D eigenvalue weighted by molar-refractivity contribution is -0.130. The van der Waals surface area contributed by atoms with Crippen LogP contribution in [0.15, 0.2) is 0 Å². The molecule has 1 amide bonds. The fraction of sp³-hybridized carbons (Fsp3) is 0.964. The van der Waals surface area contributed by atoms with Gasteiger partial charge in [0.25, 0.3) is 0 Å². The number of likely N-dealkylation sites (N-methyl/N-ethyl adjacent to an activating group) is 1. The van der Waals surface area contributed by atoms with Crippen molar-refractivity contribution in [2.24, 2.45) is 28.7 Å². The van der Waals surface area contributed by atoms with Crippen LogP contribution in [0.3, 0.4) is 0 Å². The lowest BCUT2D eigenvalue weighted by atomic mass is 9.70. The van der Waals surface area contributed by atoms with Crippen LogP contribution in [0.5, 0.6) is 0 Å². The standard InChI is InChI=1S/C28H53FN6O/c1-3-4-5-6-13-28(19-32-18-23-21(28)10-15-35(23)2)34-26(36)24(25(30)31)22-16-27(11-7-8-12-27)14-9-20(29)17-33-22/h20-25,32-33H,3-19,30-31H2,1-2H3,(H,34,36). The maximum atomic E-state index is 14.7. The number of piperidine rings is 1. The summed E-state index contributed by atoms with van der Waals surface area (Å²) < 4.78 is 14.7. The molecule has 4 fully saturated rings. The third-order valence-corrected chi connectivity index (χ3v) is 10.2. The van der Waals surface area contributed by atoms with Crippen LogP contribution in [0, 0.1) is 17.3 Å². The Morgan fingerprint density at radius 3 is 2.64 bits per heavy atom. The minimum absolute atomic E-state index is 0.0425. The number of nitrogens with zero attached hydrogens (tertiary/aromatic N) is 1. The molecule has 0 aromatic rings. The molecule has 0 aromatic carbocycles. The van der Waals surface area contributed by atoms with Crippen LogP contribution < -0.4 is 27.4 Å². The summed E-state index contributed by atoms with van der Waals surface area (Å²) in [4.78, 5) is 16.6. The van der Waals surface area contributed by atoms with Gasteiger partial charge in [-0.3, -0.25) is 4.79 Å². The normalized spacial score (nSPS) is 35.9. The Morgan fingerprint density at radius 1 is 1.14 bits per heavy atom. The minimum atomic E-state index is -0.884. The molecule has 7 N–H and O–H groups in total. The summed E-state index contributed by atoms with van der Waals surface area (Å²) in [7, 11) is 2.20. The van der Waals surface area contributed by atoms with Crippen LogP contribution in [0.1, 0.15) is 90.4 Å². The monoisotopic (exact) mass is 508 g/mol. The molecule has 0 radical (unpaired) electrons. The quantitative estimate of drug-likeness (QED) is 0.242. The van der Waals surface area contributed by atoms with E-state index in [0.29, 0.717) is 18.4 Å². The molecule has 6 atom stereocenters. The second kappa shape index (κ2) is 12.4. The molecule has 0 bridgehead atoms. The van der Waals surface area contributed by atoms with Crippen molar-refractivity contribution < 1.29 is 9.18 Å². The summed E-state index contributed by atoms with van der Waals surface area (Å²) >= 11 is 0. The van der Waals surface area contributed by atoms with Crippen molar-refractivity contribution in [3.05, 3.63) is 0 Å². The molecule has 8 heteroatoms. The van der Waals surface area contributed by atoms with Gasteiger partial charge in [-0.2, -0.15) is 0 Å². The van der Waals surface area contributed by atoms with Gasteiger partial charge in [0.1, 0.15) is 6.17 Å². The van der Waals surface area contributed by atoms with Gasteiger partial charge in [0, 0.05) is 37.6 Å². The number of carbonyl (C=O) groups is 1. The number of nitrogens with two attached hydrogens (primary N) is 2. The molecule has 208 valence electrons. The highest BCUT2D eigenvalue weighted by Gasteiger charge is 2.51. The third-order valence-electron chi connectivity index (χ3n) is 10.2. The first-order valence-electron chi connectivity index (χ1n) is 14.9. The second-order valence-corrected chi connectivity index (χ2v) is 12.7. The molecular weight excluding hydrogens is 455 g/mol. The Labute approximate surface area is 218 Å². The molecule has 3 saturated heterocycles. The number of amides is 1. The number of fused-ring (bicyclic) bond motifs is 1. The number of hydrogen-bond acceptors (Lipinski definition) is 6. The lowest BCUT2D eigenvalue weighted by Crippen LogP contribution is -2.69. The summed E-state index contributed by atoms with van der Waals surface area (Å²) in [5.74, 6) is -0.190. The summed E-state index contributed by atoms with van der Waals surface area (Å²) in [6.07, 6.45) is 12.1. The maximum absolute atomic E-state index is 14.7. The highest BCUT2D eigenvalue weighted by Crippen LogP contribution is 2.47. The number of hydrogen-bond donors (Lipinski definition) is 5. The molecule has 1 spiro atoms. The molecule has 4 rings (SSSR count). The molecule has 1 saturated carbocycles. The van der Waals surface area contributed by atoms with Gasteiger partial charge in [-0.05, 0) is 64.0 Å². The third kappa shape index (κ3) is 6.25. The molecular formula is C28H53FN6O. The van der Waals surface area contributed by atoms with Crippen molar-refractivity contribution in [2.75, 3.05) is 33.2 Å². The predicted molar refractivity (Wildman–Crippen MR) is 144 cm³/mol. The number of likely N-dealkylation sites (tertiary alicyclic amines) is 1. The number of rotatable bonds is 9. The predicted octanol–water partition coefficient (Wildman–Crippen LogP) is 2.64. The number of halogens is 1. The number of unbranched alkanes of at least 4 members (excludes halogenated alkanes) is 3. The van der Waals surface area contributed by atoms with E-state index in [4.69, 9.17) is 11.5 Å². The summed E-state index contributed by atoms with van der Waals surface area (Å²) in [6.45, 7) is 5.33. The fourth-order valence-electron chi connectivity index (χ4n) is 8.14. The number of carbonyl (C=O) groups excluding carboxylic acids is 1. The topological polar surface area (TPSA) is 108 Å². The average molecular weight is 509 g/mol. The van der Waals surface area contributed by atoms with E-state index in [2.05, 4.69) is 34.8 Å².